The van der Waals surface area contributed by atoms with Crippen molar-refractivity contribution in [3.63, 3.8) is 0 Å². The number of halogens is 1. The van der Waals surface area contributed by atoms with Crippen LogP contribution in [0.5, 0.6) is 0 Å². The molecule has 0 fully saturated rings. The summed E-state index contributed by atoms with van der Waals surface area (Å²) in [6.45, 7) is 3.67. The van der Waals surface area contributed by atoms with Gasteiger partial charge in [0.25, 0.3) is 0 Å². The summed E-state index contributed by atoms with van der Waals surface area (Å²) in [5, 5.41) is 11.7. The van der Waals surface area contributed by atoms with Crippen LogP contribution in [0.25, 0.3) is 23.1 Å². The molecule has 1 heterocycles. The number of aryl methyl sites for hydroxylation is 1. The zero-order valence-corrected chi connectivity index (χ0v) is 21.4. The van der Waals surface area contributed by atoms with E-state index >= 15 is 0 Å². The first-order chi connectivity index (χ1) is 15.8. The monoisotopic (exact) mass is 517 g/mol. The molecule has 0 amide bonds. The Kier molecular flexibility index (Phi) is 7.38. The van der Waals surface area contributed by atoms with Crippen molar-refractivity contribution in [2.45, 2.75) is 37.5 Å². The number of fused-ring (bicyclic) bond motifs is 1. The molecule has 4 aromatic rings. The highest BCUT2D eigenvalue weighted by molar-refractivity contribution is 9.10. The Bertz CT molecular complexity index is 1290. The Morgan fingerprint density at radius 2 is 1.76 bits per heavy atom. The first-order valence-electron chi connectivity index (χ1n) is 11.1. The highest BCUT2D eigenvalue weighted by Crippen LogP contribution is 2.30. The summed E-state index contributed by atoms with van der Waals surface area (Å²) in [7, 11) is 0. The van der Waals surface area contributed by atoms with Gasteiger partial charge in [0.2, 0.25) is 0 Å². The number of aromatic nitrogens is 1. The molecule has 4 rings (SSSR count). The summed E-state index contributed by atoms with van der Waals surface area (Å²) in [6, 6.07) is 26.9. The standard InChI is InChI=1S/C29H28BrNOS/c1-29(2,32)26-9-4-3-7-21(26)13-17-28(33)23-8-5-6-20(18-23)10-15-25-16-12-22-11-14-24(30)19-27(22)31-25/h3-12,14-16,18-19,28,32-33H,13,17H2,1-2H3/b15-10+/t28-/m1/s1. The molecule has 1 N–H and O–H groups in total. The lowest BCUT2D eigenvalue weighted by atomic mass is 9.90. The molecule has 0 saturated carbocycles. The van der Waals surface area contributed by atoms with Gasteiger partial charge in [-0.2, -0.15) is 12.6 Å². The number of nitrogens with zero attached hydrogens (tertiary/aromatic N) is 1. The van der Waals surface area contributed by atoms with Gasteiger partial charge in [0.15, 0.2) is 0 Å². The number of pyridine rings is 1. The predicted octanol–water partition coefficient (Wildman–Crippen LogP) is 8.00. The quantitative estimate of drug-likeness (QED) is 0.243. The minimum atomic E-state index is -0.847. The lowest BCUT2D eigenvalue weighted by molar-refractivity contribution is 0.0776. The Morgan fingerprint density at radius 3 is 2.58 bits per heavy atom. The van der Waals surface area contributed by atoms with E-state index in [1.54, 1.807) is 0 Å². The minimum Gasteiger partial charge on any atom is -0.386 e. The first kappa shape index (κ1) is 23.7. The van der Waals surface area contributed by atoms with Gasteiger partial charge in [-0.25, -0.2) is 4.98 Å². The third kappa shape index (κ3) is 6.14. The Hall–Kier alpha value is -2.40. The molecule has 0 saturated heterocycles. The van der Waals surface area contributed by atoms with Gasteiger partial charge < -0.3 is 5.11 Å². The summed E-state index contributed by atoms with van der Waals surface area (Å²) in [6.07, 6.45) is 5.90. The summed E-state index contributed by atoms with van der Waals surface area (Å²) in [5.41, 5.74) is 5.53. The average molecular weight is 519 g/mol. The second-order valence-electron chi connectivity index (χ2n) is 8.85. The van der Waals surface area contributed by atoms with Gasteiger partial charge >= 0.3 is 0 Å². The fourth-order valence-corrected chi connectivity index (χ4v) is 4.68. The fourth-order valence-electron chi connectivity index (χ4n) is 4.04. The molecule has 4 heteroatoms. The molecule has 0 aliphatic carbocycles. The number of aliphatic hydroxyl groups is 1. The molecular weight excluding hydrogens is 490 g/mol. The third-order valence-electron chi connectivity index (χ3n) is 5.78. The summed E-state index contributed by atoms with van der Waals surface area (Å²) < 4.78 is 1.03. The van der Waals surface area contributed by atoms with Crippen LogP contribution >= 0.6 is 28.6 Å². The van der Waals surface area contributed by atoms with Gasteiger partial charge in [-0.3, -0.25) is 0 Å². The molecule has 168 valence electrons. The highest BCUT2D eigenvalue weighted by Gasteiger charge is 2.19. The topological polar surface area (TPSA) is 33.1 Å². The Balaban J connectivity index is 1.47. The lowest BCUT2D eigenvalue weighted by Crippen LogP contribution is -2.18. The smallest absolute Gasteiger partial charge is 0.0843 e. The van der Waals surface area contributed by atoms with Crippen LogP contribution < -0.4 is 0 Å². The predicted molar refractivity (Wildman–Crippen MR) is 147 cm³/mol. The zero-order valence-electron chi connectivity index (χ0n) is 18.9. The Labute approximate surface area is 209 Å². The maximum atomic E-state index is 10.5. The van der Waals surface area contributed by atoms with E-state index in [1.165, 1.54) is 11.1 Å². The molecule has 0 unspecified atom stereocenters. The van der Waals surface area contributed by atoms with E-state index in [4.69, 9.17) is 17.6 Å². The number of hydrogen-bond acceptors (Lipinski definition) is 3. The third-order valence-corrected chi connectivity index (χ3v) is 6.83. The second kappa shape index (κ2) is 10.3. The normalized spacial score (nSPS) is 13.0. The first-order valence-corrected chi connectivity index (χ1v) is 12.4. The van der Waals surface area contributed by atoms with Gasteiger partial charge in [-0.1, -0.05) is 82.7 Å². The molecule has 0 aliphatic rings. The lowest BCUT2D eigenvalue weighted by Gasteiger charge is -2.22. The number of thiol groups is 1. The van der Waals surface area contributed by atoms with Crippen molar-refractivity contribution in [3.05, 3.63) is 111 Å². The van der Waals surface area contributed by atoms with Crippen LogP contribution in [0.4, 0.5) is 0 Å². The highest BCUT2D eigenvalue weighted by atomic mass is 79.9. The van der Waals surface area contributed by atoms with Crippen LogP contribution in [-0.2, 0) is 12.0 Å². The molecule has 0 aliphatic heterocycles. The summed E-state index contributed by atoms with van der Waals surface area (Å²) in [4.78, 5) is 4.75. The van der Waals surface area contributed by atoms with Crippen molar-refractivity contribution in [2.75, 3.05) is 0 Å². The molecule has 1 aromatic heterocycles. The van der Waals surface area contributed by atoms with Crippen LogP contribution in [0.3, 0.4) is 0 Å². The zero-order chi connectivity index (χ0) is 23.4. The van der Waals surface area contributed by atoms with E-state index in [9.17, 15) is 5.11 Å². The summed E-state index contributed by atoms with van der Waals surface area (Å²) in [5.74, 6) is 0. The van der Waals surface area contributed by atoms with E-state index in [0.717, 1.165) is 45.0 Å². The van der Waals surface area contributed by atoms with E-state index in [1.807, 2.05) is 56.3 Å². The van der Waals surface area contributed by atoms with Gasteiger partial charge in [0.05, 0.1) is 16.8 Å². The van der Waals surface area contributed by atoms with Crippen molar-refractivity contribution < 1.29 is 5.11 Å². The van der Waals surface area contributed by atoms with E-state index in [2.05, 4.69) is 64.5 Å². The van der Waals surface area contributed by atoms with Crippen molar-refractivity contribution in [1.29, 1.82) is 0 Å². The van der Waals surface area contributed by atoms with Crippen LogP contribution in [0, 0.1) is 0 Å². The van der Waals surface area contributed by atoms with Crippen molar-refractivity contribution >= 4 is 51.6 Å². The molecule has 1 atom stereocenters. The maximum absolute atomic E-state index is 10.5. The summed E-state index contributed by atoms with van der Waals surface area (Å²) >= 11 is 8.41. The molecule has 0 bridgehead atoms. The molecule has 0 radical (unpaired) electrons. The second-order valence-corrected chi connectivity index (χ2v) is 10.4. The number of rotatable bonds is 7. The Morgan fingerprint density at radius 1 is 0.970 bits per heavy atom. The fraction of sp³-hybridized carbons (Fsp3) is 0.207. The van der Waals surface area contributed by atoms with Gasteiger partial charge in [-0.05, 0) is 73.2 Å². The number of benzene rings is 3. The van der Waals surface area contributed by atoms with Gasteiger partial charge in [-0.15, -0.1) is 0 Å². The molecule has 2 nitrogen and oxygen atoms in total. The van der Waals surface area contributed by atoms with Gasteiger partial charge in [0, 0.05) is 15.1 Å². The minimum absolute atomic E-state index is 0.115. The van der Waals surface area contributed by atoms with Crippen molar-refractivity contribution in [1.82, 2.24) is 4.98 Å². The van der Waals surface area contributed by atoms with Crippen molar-refractivity contribution in [3.8, 4) is 0 Å². The molecule has 0 spiro atoms. The van der Waals surface area contributed by atoms with E-state index in [0.29, 0.717) is 0 Å². The average Bonchev–Trinajstić information content (AvgIpc) is 2.80. The molecular formula is C29H28BrNOS. The number of hydrogen-bond donors (Lipinski definition) is 2. The maximum Gasteiger partial charge on any atom is 0.0843 e. The van der Waals surface area contributed by atoms with Crippen LogP contribution in [-0.4, -0.2) is 10.1 Å². The van der Waals surface area contributed by atoms with Crippen LogP contribution in [0.2, 0.25) is 0 Å². The molecule has 33 heavy (non-hydrogen) atoms. The van der Waals surface area contributed by atoms with E-state index in [-0.39, 0.29) is 5.25 Å². The SMILES string of the molecule is CC(C)(O)c1ccccc1CC[C@@H](S)c1cccc(/C=C/c2ccc3ccc(Br)cc3n2)c1. The van der Waals surface area contributed by atoms with Crippen LogP contribution in [0.15, 0.2) is 83.3 Å². The van der Waals surface area contributed by atoms with Crippen molar-refractivity contribution in [2.24, 2.45) is 0 Å². The van der Waals surface area contributed by atoms with E-state index < -0.39 is 5.60 Å². The van der Waals surface area contributed by atoms with Gasteiger partial charge in [0.1, 0.15) is 0 Å². The largest absolute Gasteiger partial charge is 0.386 e. The van der Waals surface area contributed by atoms with Crippen LogP contribution in [0.1, 0.15) is 53.5 Å². The molecule has 3 aromatic carbocycles.